The highest BCUT2D eigenvalue weighted by Gasteiger charge is 2.22. The molecule has 0 fully saturated rings. The summed E-state index contributed by atoms with van der Waals surface area (Å²) in [5.41, 5.74) is 1.41. The molecule has 0 aliphatic heterocycles. The van der Waals surface area contributed by atoms with Crippen molar-refractivity contribution in [2.24, 2.45) is 17.8 Å². The minimum atomic E-state index is -0.177. The molecular formula is C29H42ClO4P. The number of hydrogen-bond acceptors (Lipinski definition) is 4. The van der Waals surface area contributed by atoms with Crippen LogP contribution in [0.25, 0.3) is 0 Å². The van der Waals surface area contributed by atoms with Crippen molar-refractivity contribution in [3.8, 4) is 17.2 Å². The van der Waals surface area contributed by atoms with Crippen molar-refractivity contribution in [1.82, 2.24) is 0 Å². The Kier molecular flexibility index (Phi) is 12.4. The Bertz CT molecular complexity index is 900. The molecular weight excluding hydrogens is 479 g/mol. The third kappa shape index (κ3) is 10.0. The fraction of sp³-hybridized carbons (Fsp3) is 0.552. The Morgan fingerprint density at radius 2 is 1.31 bits per heavy atom. The number of aryl methyl sites for hydroxylation is 1. The first-order chi connectivity index (χ1) is 16.6. The molecule has 0 aliphatic rings. The van der Waals surface area contributed by atoms with E-state index in [0.29, 0.717) is 65.4 Å². The maximum atomic E-state index is 13.4. The molecule has 1 atom stereocenters. The highest BCUT2D eigenvalue weighted by Crippen LogP contribution is 2.36. The van der Waals surface area contributed by atoms with Crippen LogP contribution in [0, 0.1) is 24.7 Å². The van der Waals surface area contributed by atoms with Gasteiger partial charge >= 0.3 is 0 Å². The number of hydrogen-bond donors (Lipinski definition) is 0. The van der Waals surface area contributed by atoms with Gasteiger partial charge in [0.25, 0.3) is 0 Å². The highest BCUT2D eigenvalue weighted by molar-refractivity contribution is 7.66. The predicted octanol–water partition coefficient (Wildman–Crippen LogP) is 8.07. The molecule has 0 saturated carbocycles. The molecule has 0 radical (unpaired) electrons. The fourth-order valence-corrected chi connectivity index (χ4v) is 4.92. The third-order valence-corrected chi connectivity index (χ3v) is 7.13. The minimum absolute atomic E-state index is 0.0241. The van der Waals surface area contributed by atoms with Gasteiger partial charge in [0.1, 0.15) is 17.2 Å². The van der Waals surface area contributed by atoms with Crippen molar-refractivity contribution in [1.29, 1.82) is 0 Å². The van der Waals surface area contributed by atoms with Gasteiger partial charge in [-0.25, -0.2) is 0 Å². The average molecular weight is 521 g/mol. The standard InChI is InChI=1S/C29H42ClO4P/c1-19(2)11-14-32-23-17-25(33-15-12-20(3)4)28(26(18-23)34-16-13-21(5)6)35-29(31)27-22(7)9-8-10-24(27)30/h8-10,17-21,35H,11-16H2,1-7H3. The Hall–Kier alpha value is -1.77. The van der Waals surface area contributed by atoms with Crippen molar-refractivity contribution >= 4 is 31.0 Å². The lowest BCUT2D eigenvalue weighted by atomic mass is 10.1. The second kappa shape index (κ2) is 14.7. The first-order valence-corrected chi connectivity index (χ1v) is 14.1. The Morgan fingerprint density at radius 1 is 0.829 bits per heavy atom. The largest absolute Gasteiger partial charge is 0.493 e. The van der Waals surface area contributed by atoms with Gasteiger partial charge in [-0.3, -0.25) is 4.79 Å². The van der Waals surface area contributed by atoms with Crippen LogP contribution in [0.4, 0.5) is 0 Å². The maximum absolute atomic E-state index is 13.4. The molecule has 0 aliphatic carbocycles. The molecule has 35 heavy (non-hydrogen) atoms. The summed E-state index contributed by atoms with van der Waals surface area (Å²) in [6.07, 6.45) is 2.80. The first-order valence-electron chi connectivity index (χ1n) is 12.7. The zero-order chi connectivity index (χ0) is 26.0. The van der Waals surface area contributed by atoms with Gasteiger partial charge in [-0.05, 0) is 64.2 Å². The smallest absolute Gasteiger partial charge is 0.187 e. The lowest BCUT2D eigenvalue weighted by Crippen LogP contribution is -2.15. The van der Waals surface area contributed by atoms with E-state index in [4.69, 9.17) is 25.8 Å². The van der Waals surface area contributed by atoms with E-state index in [1.807, 2.05) is 31.2 Å². The zero-order valence-electron chi connectivity index (χ0n) is 22.4. The van der Waals surface area contributed by atoms with E-state index in [-0.39, 0.29) is 14.1 Å². The van der Waals surface area contributed by atoms with Gasteiger partial charge in [-0.2, -0.15) is 0 Å². The molecule has 194 valence electrons. The molecule has 1 unspecified atom stereocenters. The van der Waals surface area contributed by atoms with Crippen LogP contribution < -0.4 is 19.5 Å². The van der Waals surface area contributed by atoms with Gasteiger partial charge in [0.05, 0.1) is 30.1 Å². The summed E-state index contributed by atoms with van der Waals surface area (Å²) in [6, 6.07) is 9.35. The van der Waals surface area contributed by atoms with Crippen molar-refractivity contribution in [2.75, 3.05) is 19.8 Å². The summed E-state index contributed by atoms with van der Waals surface area (Å²) in [6.45, 7) is 16.7. The maximum Gasteiger partial charge on any atom is 0.187 e. The van der Waals surface area contributed by atoms with Gasteiger partial charge in [-0.1, -0.05) is 65.3 Å². The molecule has 6 heteroatoms. The van der Waals surface area contributed by atoms with Crippen molar-refractivity contribution in [3.63, 3.8) is 0 Å². The van der Waals surface area contributed by atoms with E-state index in [9.17, 15) is 4.79 Å². The number of carbonyl (C=O) groups excluding carboxylic acids is 1. The highest BCUT2D eigenvalue weighted by atomic mass is 35.5. The molecule has 4 nitrogen and oxygen atoms in total. The number of carbonyl (C=O) groups is 1. The van der Waals surface area contributed by atoms with Crippen LogP contribution in [-0.2, 0) is 0 Å². The molecule has 0 N–H and O–H groups in total. The topological polar surface area (TPSA) is 44.8 Å². The zero-order valence-corrected chi connectivity index (χ0v) is 24.1. The van der Waals surface area contributed by atoms with Crippen LogP contribution in [-0.4, -0.2) is 25.3 Å². The van der Waals surface area contributed by atoms with E-state index in [1.165, 1.54) is 0 Å². The summed E-state index contributed by atoms with van der Waals surface area (Å²) in [4.78, 5) is 13.4. The van der Waals surface area contributed by atoms with Gasteiger partial charge in [0.15, 0.2) is 5.52 Å². The van der Waals surface area contributed by atoms with Crippen LogP contribution in [0.3, 0.4) is 0 Å². The van der Waals surface area contributed by atoms with Gasteiger partial charge in [0.2, 0.25) is 0 Å². The summed E-state index contributed by atoms with van der Waals surface area (Å²) in [7, 11) is -0.177. The van der Waals surface area contributed by atoms with Crippen LogP contribution in [0.1, 0.15) is 76.7 Å². The lowest BCUT2D eigenvalue weighted by Gasteiger charge is -2.20. The minimum Gasteiger partial charge on any atom is -0.493 e. The normalized spacial score (nSPS) is 11.7. The molecule has 0 saturated heterocycles. The Labute approximate surface area is 218 Å². The second-order valence-electron chi connectivity index (χ2n) is 10.3. The third-order valence-electron chi connectivity index (χ3n) is 5.60. The number of ether oxygens (including phenoxy) is 3. The van der Waals surface area contributed by atoms with E-state index in [1.54, 1.807) is 6.07 Å². The second-order valence-corrected chi connectivity index (χ2v) is 11.9. The van der Waals surface area contributed by atoms with E-state index >= 15 is 0 Å². The summed E-state index contributed by atoms with van der Waals surface area (Å²) in [5, 5.41) is 1.25. The van der Waals surface area contributed by atoms with Crippen LogP contribution >= 0.6 is 20.2 Å². The Morgan fingerprint density at radius 3 is 1.77 bits per heavy atom. The fourth-order valence-electron chi connectivity index (χ4n) is 3.32. The van der Waals surface area contributed by atoms with Crippen molar-refractivity contribution in [3.05, 3.63) is 46.5 Å². The van der Waals surface area contributed by atoms with Crippen LogP contribution in [0.15, 0.2) is 30.3 Å². The van der Waals surface area contributed by atoms with Gasteiger partial charge in [0, 0.05) is 17.7 Å². The SMILES string of the molecule is Cc1cccc(Cl)c1C(=O)Pc1c(OCCC(C)C)cc(OCCC(C)C)cc1OCCC(C)C. The van der Waals surface area contributed by atoms with Crippen molar-refractivity contribution < 1.29 is 19.0 Å². The monoisotopic (exact) mass is 520 g/mol. The van der Waals surface area contributed by atoms with Crippen LogP contribution in [0.5, 0.6) is 17.2 Å². The quantitative estimate of drug-likeness (QED) is 0.223. The molecule has 0 aromatic heterocycles. The number of halogens is 1. The average Bonchev–Trinajstić information content (AvgIpc) is 2.75. The number of rotatable bonds is 15. The molecule has 2 aromatic rings. The van der Waals surface area contributed by atoms with E-state index in [0.717, 1.165) is 30.1 Å². The van der Waals surface area contributed by atoms with Gasteiger partial charge in [-0.15, -0.1) is 0 Å². The Balaban J connectivity index is 2.44. The molecule has 0 heterocycles. The molecule has 0 spiro atoms. The van der Waals surface area contributed by atoms with Crippen LogP contribution in [0.2, 0.25) is 5.02 Å². The molecule has 0 amide bonds. The predicted molar refractivity (Wildman–Crippen MR) is 150 cm³/mol. The van der Waals surface area contributed by atoms with Gasteiger partial charge < -0.3 is 14.2 Å². The molecule has 2 rings (SSSR count). The summed E-state index contributed by atoms with van der Waals surface area (Å²) < 4.78 is 18.6. The summed E-state index contributed by atoms with van der Waals surface area (Å²) >= 11 is 6.42. The lowest BCUT2D eigenvalue weighted by molar-refractivity contribution is 0.108. The first kappa shape index (κ1) is 29.5. The summed E-state index contributed by atoms with van der Waals surface area (Å²) in [5.74, 6) is 3.60. The van der Waals surface area contributed by atoms with Crippen molar-refractivity contribution in [2.45, 2.75) is 67.7 Å². The van der Waals surface area contributed by atoms with E-state index in [2.05, 4.69) is 41.5 Å². The number of benzene rings is 2. The molecule has 0 bridgehead atoms. The molecule has 2 aromatic carbocycles. The van der Waals surface area contributed by atoms with E-state index < -0.39 is 0 Å².